The van der Waals surface area contributed by atoms with E-state index in [-0.39, 0.29) is 22.4 Å². The molecule has 0 unspecified atom stereocenters. The van der Waals surface area contributed by atoms with Crippen LogP contribution in [-0.4, -0.2) is 15.9 Å². The van der Waals surface area contributed by atoms with Gasteiger partial charge in [0.2, 0.25) is 0 Å². The number of rotatable bonds is 3. The maximum Gasteiger partial charge on any atom is 0.271 e. The van der Waals surface area contributed by atoms with Crippen molar-refractivity contribution in [3.63, 3.8) is 0 Å². The Morgan fingerprint density at radius 3 is 2.48 bits per heavy atom. The molecule has 0 aromatic heterocycles. The number of nitro benzene ring substituents is 1. The van der Waals surface area contributed by atoms with E-state index < -0.39 is 10.8 Å². The Balaban J connectivity index is 2.31. The van der Waals surface area contributed by atoms with Crippen LogP contribution in [-0.2, 0) is 5.41 Å². The van der Waals surface area contributed by atoms with Crippen molar-refractivity contribution >= 4 is 17.3 Å². The molecule has 2 aromatic carbocycles. The van der Waals surface area contributed by atoms with Gasteiger partial charge in [0.25, 0.3) is 11.6 Å². The molecule has 0 spiro atoms. The van der Waals surface area contributed by atoms with Gasteiger partial charge in [-0.05, 0) is 29.2 Å². The summed E-state index contributed by atoms with van der Waals surface area (Å²) < 4.78 is 0. The van der Waals surface area contributed by atoms with E-state index in [1.807, 2.05) is 20.8 Å². The third-order valence-corrected chi connectivity index (χ3v) is 3.42. The van der Waals surface area contributed by atoms with Gasteiger partial charge in [0.1, 0.15) is 5.75 Å². The lowest BCUT2D eigenvalue weighted by molar-refractivity contribution is -0.384. The molecule has 0 atom stereocenters. The van der Waals surface area contributed by atoms with Crippen LogP contribution in [0, 0.1) is 10.1 Å². The number of carbonyl (C=O) groups excluding carboxylic acids is 1. The van der Waals surface area contributed by atoms with E-state index in [9.17, 15) is 20.0 Å². The van der Waals surface area contributed by atoms with Gasteiger partial charge in [-0.15, -0.1) is 0 Å². The van der Waals surface area contributed by atoms with Gasteiger partial charge in [-0.1, -0.05) is 32.9 Å². The molecule has 6 heteroatoms. The number of aromatic hydroxyl groups is 1. The molecule has 0 radical (unpaired) electrons. The van der Waals surface area contributed by atoms with Crippen molar-refractivity contribution < 1.29 is 14.8 Å². The van der Waals surface area contributed by atoms with Crippen molar-refractivity contribution in [2.24, 2.45) is 0 Å². The van der Waals surface area contributed by atoms with E-state index in [2.05, 4.69) is 5.32 Å². The maximum atomic E-state index is 12.4. The van der Waals surface area contributed by atoms with Gasteiger partial charge in [-0.2, -0.15) is 0 Å². The van der Waals surface area contributed by atoms with Crippen molar-refractivity contribution in [3.05, 3.63) is 63.7 Å². The fraction of sp³-hybridized carbons (Fsp3) is 0.235. The van der Waals surface area contributed by atoms with Gasteiger partial charge in [0.05, 0.1) is 10.5 Å². The molecule has 0 heterocycles. The Labute approximate surface area is 133 Å². The number of anilines is 1. The molecule has 0 bridgehead atoms. The number of carbonyl (C=O) groups is 1. The molecule has 0 aliphatic heterocycles. The molecule has 1 amide bonds. The van der Waals surface area contributed by atoms with Crippen molar-refractivity contribution in [1.29, 1.82) is 0 Å². The second-order valence-corrected chi connectivity index (χ2v) is 6.24. The van der Waals surface area contributed by atoms with Crippen molar-refractivity contribution in [1.82, 2.24) is 0 Å². The third kappa shape index (κ3) is 3.85. The topological polar surface area (TPSA) is 92.5 Å². The van der Waals surface area contributed by atoms with Crippen LogP contribution in [0.1, 0.15) is 36.7 Å². The molecule has 0 saturated heterocycles. The molecular formula is C17H18N2O4. The summed E-state index contributed by atoms with van der Waals surface area (Å²) in [6.45, 7) is 6.00. The smallest absolute Gasteiger partial charge is 0.271 e. The van der Waals surface area contributed by atoms with Gasteiger partial charge in [0, 0.05) is 17.8 Å². The SMILES string of the molecule is CC(C)(C)c1ccc(O)c(C(=O)Nc2cccc([N+](=O)[O-])c2)c1. The highest BCUT2D eigenvalue weighted by molar-refractivity contribution is 6.06. The molecule has 0 saturated carbocycles. The predicted molar refractivity (Wildman–Crippen MR) is 87.9 cm³/mol. The summed E-state index contributed by atoms with van der Waals surface area (Å²) in [7, 11) is 0. The van der Waals surface area contributed by atoms with Crippen molar-refractivity contribution in [3.8, 4) is 5.75 Å². The normalized spacial score (nSPS) is 11.1. The predicted octanol–water partition coefficient (Wildman–Crippen LogP) is 3.85. The maximum absolute atomic E-state index is 12.4. The summed E-state index contributed by atoms with van der Waals surface area (Å²) in [6, 6.07) is 10.5. The van der Waals surface area contributed by atoms with Gasteiger partial charge in [-0.25, -0.2) is 0 Å². The first kappa shape index (κ1) is 16.5. The van der Waals surface area contributed by atoms with Crippen molar-refractivity contribution in [2.45, 2.75) is 26.2 Å². The standard InChI is InChI=1S/C17H18N2O4/c1-17(2,3)11-7-8-15(20)14(9-11)16(21)18-12-5-4-6-13(10-12)19(22)23/h4-10,20H,1-3H3,(H,18,21). The van der Waals surface area contributed by atoms with E-state index in [1.165, 1.54) is 24.3 Å². The van der Waals surface area contributed by atoms with E-state index in [1.54, 1.807) is 18.2 Å². The van der Waals surface area contributed by atoms with Gasteiger partial charge in [0.15, 0.2) is 0 Å². The number of nitrogens with zero attached hydrogens (tertiary/aromatic N) is 1. The second kappa shape index (κ2) is 6.08. The van der Waals surface area contributed by atoms with Crippen LogP contribution in [0.15, 0.2) is 42.5 Å². The number of non-ortho nitro benzene ring substituents is 1. The molecule has 0 aliphatic rings. The number of hydrogen-bond donors (Lipinski definition) is 2. The minimum absolute atomic E-state index is 0.115. The van der Waals surface area contributed by atoms with E-state index in [4.69, 9.17) is 0 Å². The number of benzene rings is 2. The zero-order valence-electron chi connectivity index (χ0n) is 13.2. The Hall–Kier alpha value is -2.89. The van der Waals surface area contributed by atoms with Crippen LogP contribution < -0.4 is 5.32 Å². The molecular weight excluding hydrogens is 296 g/mol. The summed E-state index contributed by atoms with van der Waals surface area (Å²) >= 11 is 0. The zero-order valence-corrected chi connectivity index (χ0v) is 13.2. The fourth-order valence-electron chi connectivity index (χ4n) is 2.08. The number of nitro groups is 1. The Kier molecular flexibility index (Phi) is 4.36. The molecule has 0 aliphatic carbocycles. The lowest BCUT2D eigenvalue weighted by atomic mass is 9.86. The van der Waals surface area contributed by atoms with E-state index in [0.717, 1.165) is 5.56 Å². The number of phenols is 1. The highest BCUT2D eigenvalue weighted by atomic mass is 16.6. The lowest BCUT2D eigenvalue weighted by Gasteiger charge is -2.20. The highest BCUT2D eigenvalue weighted by Gasteiger charge is 2.19. The molecule has 120 valence electrons. The van der Waals surface area contributed by atoms with Crippen LogP contribution in [0.5, 0.6) is 5.75 Å². The minimum atomic E-state index is -0.534. The molecule has 0 fully saturated rings. The number of amides is 1. The zero-order chi connectivity index (χ0) is 17.2. The van der Waals surface area contributed by atoms with Crippen LogP contribution in [0.25, 0.3) is 0 Å². The molecule has 6 nitrogen and oxygen atoms in total. The van der Waals surface area contributed by atoms with E-state index >= 15 is 0 Å². The lowest BCUT2D eigenvalue weighted by Crippen LogP contribution is -2.16. The van der Waals surface area contributed by atoms with Gasteiger partial charge >= 0.3 is 0 Å². The fourth-order valence-corrected chi connectivity index (χ4v) is 2.08. The molecule has 2 aromatic rings. The first-order chi connectivity index (χ1) is 10.7. The highest BCUT2D eigenvalue weighted by Crippen LogP contribution is 2.28. The Bertz CT molecular complexity index is 763. The first-order valence-electron chi connectivity index (χ1n) is 7.08. The van der Waals surface area contributed by atoms with Gasteiger partial charge in [-0.3, -0.25) is 14.9 Å². The second-order valence-electron chi connectivity index (χ2n) is 6.24. The number of hydrogen-bond acceptors (Lipinski definition) is 4. The van der Waals surface area contributed by atoms with Crippen LogP contribution in [0.4, 0.5) is 11.4 Å². The average molecular weight is 314 g/mol. The number of nitrogens with one attached hydrogen (secondary N) is 1. The largest absolute Gasteiger partial charge is 0.507 e. The summed E-state index contributed by atoms with van der Waals surface area (Å²) in [5, 5.41) is 23.3. The van der Waals surface area contributed by atoms with Gasteiger partial charge < -0.3 is 10.4 Å². The summed E-state index contributed by atoms with van der Waals surface area (Å²) in [4.78, 5) is 22.6. The average Bonchev–Trinajstić information content (AvgIpc) is 2.46. The summed E-state index contributed by atoms with van der Waals surface area (Å²) in [5.41, 5.74) is 1.04. The molecule has 23 heavy (non-hydrogen) atoms. The summed E-state index contributed by atoms with van der Waals surface area (Å²) in [6.07, 6.45) is 0. The Morgan fingerprint density at radius 2 is 1.87 bits per heavy atom. The third-order valence-electron chi connectivity index (χ3n) is 3.42. The quantitative estimate of drug-likeness (QED) is 0.664. The van der Waals surface area contributed by atoms with Crippen LogP contribution in [0.3, 0.4) is 0 Å². The van der Waals surface area contributed by atoms with Crippen LogP contribution >= 0.6 is 0 Å². The Morgan fingerprint density at radius 1 is 1.17 bits per heavy atom. The van der Waals surface area contributed by atoms with Crippen molar-refractivity contribution in [2.75, 3.05) is 5.32 Å². The monoisotopic (exact) mass is 314 g/mol. The first-order valence-corrected chi connectivity index (χ1v) is 7.08. The number of phenolic OH excluding ortho intramolecular Hbond substituents is 1. The van der Waals surface area contributed by atoms with Crippen LogP contribution in [0.2, 0.25) is 0 Å². The molecule has 2 rings (SSSR count). The van der Waals surface area contributed by atoms with E-state index in [0.29, 0.717) is 5.69 Å². The molecule has 2 N–H and O–H groups in total. The summed E-state index contributed by atoms with van der Waals surface area (Å²) in [5.74, 6) is -0.657. The minimum Gasteiger partial charge on any atom is -0.507 e.